The van der Waals surface area contributed by atoms with E-state index in [1.54, 1.807) is 0 Å². The summed E-state index contributed by atoms with van der Waals surface area (Å²) in [6.07, 6.45) is 6.63. The average molecular weight is 217 g/mol. The van der Waals surface area contributed by atoms with Crippen LogP contribution in [0.4, 0.5) is 0 Å². The molecule has 0 unspecified atom stereocenters. The molecular weight excluding hydrogens is 198 g/mol. The normalized spacial score (nSPS) is 22.1. The maximum atomic E-state index is 6.10. The van der Waals surface area contributed by atoms with Gasteiger partial charge in [0.1, 0.15) is 0 Å². The van der Waals surface area contributed by atoms with E-state index in [0.29, 0.717) is 0 Å². The fraction of sp³-hybridized carbons (Fsp3) is 0.615. The van der Waals surface area contributed by atoms with Crippen LogP contribution in [0.3, 0.4) is 0 Å². The van der Waals surface area contributed by atoms with Gasteiger partial charge >= 0.3 is 0 Å². The SMILES string of the molecule is CN1Cc2cc(CCC3(N)CC3)cnc2C1. The van der Waals surface area contributed by atoms with E-state index in [1.165, 1.54) is 29.7 Å². The number of hydrogen-bond acceptors (Lipinski definition) is 3. The summed E-state index contributed by atoms with van der Waals surface area (Å²) < 4.78 is 0. The molecule has 0 aromatic carbocycles. The minimum atomic E-state index is 0.163. The van der Waals surface area contributed by atoms with Gasteiger partial charge in [-0.3, -0.25) is 9.88 Å². The summed E-state index contributed by atoms with van der Waals surface area (Å²) in [4.78, 5) is 6.85. The zero-order chi connectivity index (χ0) is 11.2. The molecule has 3 nitrogen and oxygen atoms in total. The molecule has 3 heteroatoms. The van der Waals surface area contributed by atoms with Crippen LogP contribution >= 0.6 is 0 Å². The molecule has 1 aromatic rings. The molecule has 0 saturated heterocycles. The van der Waals surface area contributed by atoms with Gasteiger partial charge in [0.15, 0.2) is 0 Å². The van der Waals surface area contributed by atoms with Gasteiger partial charge < -0.3 is 5.73 Å². The fourth-order valence-corrected chi connectivity index (χ4v) is 2.41. The Morgan fingerprint density at radius 1 is 1.44 bits per heavy atom. The minimum Gasteiger partial charge on any atom is -0.325 e. The minimum absolute atomic E-state index is 0.163. The van der Waals surface area contributed by atoms with E-state index in [-0.39, 0.29) is 5.54 Å². The van der Waals surface area contributed by atoms with Crippen molar-refractivity contribution in [3.63, 3.8) is 0 Å². The molecule has 1 aromatic heterocycles. The summed E-state index contributed by atoms with van der Waals surface area (Å²) in [5, 5.41) is 0. The van der Waals surface area contributed by atoms with Gasteiger partial charge in [-0.15, -0.1) is 0 Å². The Kier molecular flexibility index (Phi) is 2.26. The van der Waals surface area contributed by atoms with E-state index in [4.69, 9.17) is 5.73 Å². The lowest BCUT2D eigenvalue weighted by Gasteiger charge is -2.08. The second-order valence-corrected chi connectivity index (χ2v) is 5.48. The average Bonchev–Trinajstić information content (AvgIpc) is 2.87. The maximum absolute atomic E-state index is 6.10. The van der Waals surface area contributed by atoms with Crippen molar-refractivity contribution in [3.8, 4) is 0 Å². The lowest BCUT2D eigenvalue weighted by Crippen LogP contribution is -2.22. The smallest absolute Gasteiger partial charge is 0.0589 e. The standard InChI is InChI=1S/C13H19N3/c1-16-8-11-6-10(7-15-12(11)9-16)2-3-13(14)4-5-13/h6-7H,2-5,8-9,14H2,1H3. The zero-order valence-electron chi connectivity index (χ0n) is 9.87. The molecule has 2 N–H and O–H groups in total. The summed E-state index contributed by atoms with van der Waals surface area (Å²) in [5.41, 5.74) is 10.3. The molecule has 86 valence electrons. The molecule has 2 heterocycles. The van der Waals surface area contributed by atoms with Crippen molar-refractivity contribution >= 4 is 0 Å². The highest BCUT2D eigenvalue weighted by atomic mass is 15.1. The molecule has 1 fully saturated rings. The molecule has 3 rings (SSSR count). The molecular formula is C13H19N3. The van der Waals surface area contributed by atoms with Crippen molar-refractivity contribution in [1.82, 2.24) is 9.88 Å². The Labute approximate surface area is 96.7 Å². The fourth-order valence-electron chi connectivity index (χ4n) is 2.41. The molecule has 1 aliphatic heterocycles. The number of nitrogens with two attached hydrogens (primary N) is 1. The first-order valence-electron chi connectivity index (χ1n) is 6.09. The quantitative estimate of drug-likeness (QED) is 0.833. The number of aromatic nitrogens is 1. The van der Waals surface area contributed by atoms with E-state index >= 15 is 0 Å². The van der Waals surface area contributed by atoms with Crippen molar-refractivity contribution < 1.29 is 0 Å². The number of hydrogen-bond donors (Lipinski definition) is 1. The van der Waals surface area contributed by atoms with Crippen molar-refractivity contribution in [2.75, 3.05) is 7.05 Å². The van der Waals surface area contributed by atoms with Crippen LogP contribution in [-0.2, 0) is 19.5 Å². The lowest BCUT2D eigenvalue weighted by molar-refractivity contribution is 0.351. The van der Waals surface area contributed by atoms with Crippen LogP contribution in [0, 0.1) is 0 Å². The van der Waals surface area contributed by atoms with E-state index < -0.39 is 0 Å². The Balaban J connectivity index is 1.70. The van der Waals surface area contributed by atoms with E-state index in [9.17, 15) is 0 Å². The Morgan fingerprint density at radius 2 is 2.25 bits per heavy atom. The van der Waals surface area contributed by atoms with Gasteiger partial charge in [0.05, 0.1) is 5.69 Å². The summed E-state index contributed by atoms with van der Waals surface area (Å²) in [5.74, 6) is 0. The van der Waals surface area contributed by atoms with Gasteiger partial charge in [-0.25, -0.2) is 0 Å². The molecule has 0 atom stereocenters. The first-order valence-corrected chi connectivity index (χ1v) is 6.09. The molecule has 0 spiro atoms. The second-order valence-electron chi connectivity index (χ2n) is 5.48. The topological polar surface area (TPSA) is 42.1 Å². The molecule has 0 bridgehead atoms. The predicted octanol–water partition coefficient (Wildman–Crippen LogP) is 1.45. The molecule has 2 aliphatic rings. The third-order valence-electron chi connectivity index (χ3n) is 3.78. The number of aryl methyl sites for hydroxylation is 1. The maximum Gasteiger partial charge on any atom is 0.0589 e. The van der Waals surface area contributed by atoms with Crippen molar-refractivity contribution in [2.45, 2.75) is 44.3 Å². The number of rotatable bonds is 3. The summed E-state index contributed by atoms with van der Waals surface area (Å²) in [6, 6.07) is 2.32. The monoisotopic (exact) mass is 217 g/mol. The van der Waals surface area contributed by atoms with Gasteiger partial charge in [0, 0.05) is 24.8 Å². The Morgan fingerprint density at radius 3 is 3.00 bits per heavy atom. The van der Waals surface area contributed by atoms with Crippen molar-refractivity contribution in [2.24, 2.45) is 5.73 Å². The molecule has 16 heavy (non-hydrogen) atoms. The highest BCUT2D eigenvalue weighted by Gasteiger charge is 2.37. The number of nitrogens with zero attached hydrogens (tertiary/aromatic N) is 2. The summed E-state index contributed by atoms with van der Waals surface area (Å²) in [7, 11) is 2.14. The van der Waals surface area contributed by atoms with Gasteiger partial charge in [0.25, 0.3) is 0 Å². The van der Waals surface area contributed by atoms with Crippen LogP contribution in [0.1, 0.15) is 36.1 Å². The van der Waals surface area contributed by atoms with E-state index in [0.717, 1.165) is 25.9 Å². The predicted molar refractivity (Wildman–Crippen MR) is 63.9 cm³/mol. The van der Waals surface area contributed by atoms with E-state index in [2.05, 4.69) is 23.0 Å². The highest BCUT2D eigenvalue weighted by molar-refractivity contribution is 5.28. The van der Waals surface area contributed by atoms with Crippen LogP contribution in [0.2, 0.25) is 0 Å². The molecule has 0 radical (unpaired) electrons. The van der Waals surface area contributed by atoms with E-state index in [1.807, 2.05) is 6.20 Å². The summed E-state index contributed by atoms with van der Waals surface area (Å²) in [6.45, 7) is 2.04. The molecule has 1 aliphatic carbocycles. The van der Waals surface area contributed by atoms with Gasteiger partial charge in [-0.05, 0) is 43.9 Å². The third-order valence-corrected chi connectivity index (χ3v) is 3.78. The highest BCUT2D eigenvalue weighted by Crippen LogP contribution is 2.36. The lowest BCUT2D eigenvalue weighted by atomic mass is 10.0. The van der Waals surface area contributed by atoms with Gasteiger partial charge in [-0.1, -0.05) is 6.07 Å². The van der Waals surface area contributed by atoms with Crippen molar-refractivity contribution in [3.05, 3.63) is 29.1 Å². The number of pyridine rings is 1. The van der Waals surface area contributed by atoms with Crippen LogP contribution in [-0.4, -0.2) is 22.5 Å². The largest absolute Gasteiger partial charge is 0.325 e. The van der Waals surface area contributed by atoms with Gasteiger partial charge in [-0.2, -0.15) is 0 Å². The second kappa shape index (κ2) is 3.54. The van der Waals surface area contributed by atoms with Crippen molar-refractivity contribution in [1.29, 1.82) is 0 Å². The van der Waals surface area contributed by atoms with Gasteiger partial charge in [0.2, 0.25) is 0 Å². The first-order chi connectivity index (χ1) is 7.65. The third kappa shape index (κ3) is 1.97. The zero-order valence-corrected chi connectivity index (χ0v) is 9.87. The van der Waals surface area contributed by atoms with Crippen LogP contribution in [0.25, 0.3) is 0 Å². The Hall–Kier alpha value is -0.930. The van der Waals surface area contributed by atoms with Crippen LogP contribution < -0.4 is 5.73 Å². The Bertz CT molecular complexity index is 410. The summed E-state index contributed by atoms with van der Waals surface area (Å²) >= 11 is 0. The first kappa shape index (κ1) is 10.2. The molecule has 1 saturated carbocycles. The molecule has 0 amide bonds. The van der Waals surface area contributed by atoms with Crippen LogP contribution in [0.15, 0.2) is 12.3 Å². The number of fused-ring (bicyclic) bond motifs is 1. The van der Waals surface area contributed by atoms with Crippen LogP contribution in [0.5, 0.6) is 0 Å².